The lowest BCUT2D eigenvalue weighted by Crippen LogP contribution is -2.45. The number of aromatic nitrogens is 5. The minimum absolute atomic E-state index is 0.0193. The summed E-state index contributed by atoms with van der Waals surface area (Å²) < 4.78 is 15.6. The van der Waals surface area contributed by atoms with Crippen molar-refractivity contribution in [2.24, 2.45) is 0 Å². The number of anilines is 1. The highest BCUT2D eigenvalue weighted by Crippen LogP contribution is 2.32. The molecule has 1 aromatic carbocycles. The smallest absolute Gasteiger partial charge is 0.255 e. The third kappa shape index (κ3) is 4.07. The molecule has 5 rings (SSSR count). The van der Waals surface area contributed by atoms with Crippen molar-refractivity contribution in [3.05, 3.63) is 58.9 Å². The summed E-state index contributed by atoms with van der Waals surface area (Å²) in [7, 11) is 0. The Labute approximate surface area is 201 Å². The lowest BCUT2D eigenvalue weighted by atomic mass is 9.92. The van der Waals surface area contributed by atoms with Crippen molar-refractivity contribution in [1.82, 2.24) is 29.5 Å². The van der Waals surface area contributed by atoms with Crippen LogP contribution < -0.4 is 5.73 Å². The number of piperidine rings is 1. The number of halogens is 1. The zero-order valence-electron chi connectivity index (χ0n) is 20.2. The maximum absolute atomic E-state index is 14.2. The summed E-state index contributed by atoms with van der Waals surface area (Å²) in [5.41, 5.74) is 7.76. The molecule has 1 amide bonds. The zero-order valence-corrected chi connectivity index (χ0v) is 20.2. The van der Waals surface area contributed by atoms with Gasteiger partial charge >= 0.3 is 0 Å². The van der Waals surface area contributed by atoms with E-state index in [2.05, 4.69) is 15.1 Å². The molecule has 1 aliphatic heterocycles. The lowest BCUT2D eigenvalue weighted by molar-refractivity contribution is 0.0603. The second kappa shape index (κ2) is 8.23. The molecule has 0 aliphatic carbocycles. The van der Waals surface area contributed by atoms with Gasteiger partial charge in [0.15, 0.2) is 11.5 Å². The number of aliphatic hydroxyl groups is 1. The highest BCUT2D eigenvalue weighted by atomic mass is 19.1. The number of hydrogen-bond donors (Lipinski definition) is 2. The molecule has 0 radical (unpaired) electrons. The number of nitrogens with zero attached hydrogens (tertiary/aromatic N) is 6. The number of carbonyl (C=O) groups excluding carboxylic acids is 1. The third-order valence-corrected chi connectivity index (χ3v) is 6.77. The molecule has 182 valence electrons. The van der Waals surface area contributed by atoms with Gasteiger partial charge in [-0.1, -0.05) is 0 Å². The number of fused-ring (bicyclic) bond motifs is 3. The van der Waals surface area contributed by atoms with Gasteiger partial charge in [0.1, 0.15) is 5.82 Å². The predicted molar refractivity (Wildman–Crippen MR) is 129 cm³/mol. The van der Waals surface area contributed by atoms with Gasteiger partial charge in [0.05, 0.1) is 16.7 Å². The van der Waals surface area contributed by atoms with E-state index in [1.807, 2.05) is 6.92 Å². The first kappa shape index (κ1) is 23.1. The molecule has 9 nitrogen and oxygen atoms in total. The van der Waals surface area contributed by atoms with Crippen molar-refractivity contribution in [2.45, 2.75) is 58.1 Å². The molecular formula is C25H28FN7O2. The molecule has 0 spiro atoms. The quantitative estimate of drug-likeness (QED) is 0.464. The van der Waals surface area contributed by atoms with Crippen molar-refractivity contribution in [3.8, 4) is 0 Å². The van der Waals surface area contributed by atoms with Gasteiger partial charge in [0, 0.05) is 41.8 Å². The summed E-state index contributed by atoms with van der Waals surface area (Å²) in [6, 6.07) is 4.51. The summed E-state index contributed by atoms with van der Waals surface area (Å²) in [6.07, 6.45) is 4.65. The monoisotopic (exact) mass is 477 g/mol. The van der Waals surface area contributed by atoms with Crippen LogP contribution in [0.15, 0.2) is 30.6 Å². The average Bonchev–Trinajstić information content (AvgIpc) is 3.26. The highest BCUT2D eigenvalue weighted by molar-refractivity contribution is 5.95. The van der Waals surface area contributed by atoms with Gasteiger partial charge in [-0.25, -0.2) is 14.4 Å². The molecule has 35 heavy (non-hydrogen) atoms. The number of rotatable bonds is 3. The Kier molecular flexibility index (Phi) is 5.43. The van der Waals surface area contributed by atoms with E-state index in [-0.39, 0.29) is 29.6 Å². The van der Waals surface area contributed by atoms with Crippen molar-refractivity contribution in [3.63, 3.8) is 0 Å². The van der Waals surface area contributed by atoms with Gasteiger partial charge in [-0.2, -0.15) is 4.52 Å². The number of nitrogens with two attached hydrogens (primary N) is 1. The van der Waals surface area contributed by atoms with E-state index in [4.69, 9.17) is 10.7 Å². The molecule has 0 unspecified atom stereocenters. The normalized spacial score (nSPS) is 19.0. The molecule has 10 heteroatoms. The van der Waals surface area contributed by atoms with E-state index in [0.717, 1.165) is 12.8 Å². The SMILES string of the molecule is Cc1cc(F)cc2c1nc(N)n1nc([C@@H]3CC[C@H](C)N(C(=O)c4cncc(C(C)(C)O)c4)C3)nc21. The van der Waals surface area contributed by atoms with Crippen LogP contribution in [0.25, 0.3) is 16.6 Å². The van der Waals surface area contributed by atoms with Crippen LogP contribution in [0.1, 0.15) is 66.8 Å². The number of amides is 1. The first-order valence-electron chi connectivity index (χ1n) is 11.6. The first-order valence-corrected chi connectivity index (χ1v) is 11.6. The summed E-state index contributed by atoms with van der Waals surface area (Å²) in [4.78, 5) is 28.5. The zero-order chi connectivity index (χ0) is 25.1. The molecule has 3 N–H and O–H groups in total. The number of nitrogen functional groups attached to an aromatic ring is 1. The van der Waals surface area contributed by atoms with Gasteiger partial charge in [0.25, 0.3) is 5.91 Å². The van der Waals surface area contributed by atoms with Crippen LogP contribution in [0.2, 0.25) is 0 Å². The van der Waals surface area contributed by atoms with Crippen LogP contribution in [0.3, 0.4) is 0 Å². The van der Waals surface area contributed by atoms with Gasteiger partial charge in [0.2, 0.25) is 5.95 Å². The summed E-state index contributed by atoms with van der Waals surface area (Å²) in [5.74, 6) is 0.0604. The molecule has 1 aliphatic rings. The van der Waals surface area contributed by atoms with Crippen molar-refractivity contribution in [1.29, 1.82) is 0 Å². The third-order valence-electron chi connectivity index (χ3n) is 6.77. The van der Waals surface area contributed by atoms with Crippen LogP contribution in [-0.4, -0.2) is 53.1 Å². The van der Waals surface area contributed by atoms with E-state index in [1.54, 1.807) is 37.9 Å². The summed E-state index contributed by atoms with van der Waals surface area (Å²) in [5, 5.41) is 15.5. The number of carbonyl (C=O) groups is 1. The Bertz CT molecular complexity index is 1460. The number of benzene rings is 1. The molecule has 3 aromatic heterocycles. The lowest BCUT2D eigenvalue weighted by Gasteiger charge is -2.37. The van der Waals surface area contributed by atoms with E-state index < -0.39 is 5.60 Å². The van der Waals surface area contributed by atoms with Crippen LogP contribution in [0.5, 0.6) is 0 Å². The van der Waals surface area contributed by atoms with Crippen molar-refractivity contribution in [2.75, 3.05) is 12.3 Å². The van der Waals surface area contributed by atoms with Gasteiger partial charge < -0.3 is 15.7 Å². The van der Waals surface area contributed by atoms with Crippen LogP contribution in [0.4, 0.5) is 10.3 Å². The number of pyridine rings is 1. The fourth-order valence-corrected chi connectivity index (χ4v) is 4.71. The largest absolute Gasteiger partial charge is 0.386 e. The number of hydrogen-bond acceptors (Lipinski definition) is 7. The average molecular weight is 478 g/mol. The Morgan fingerprint density at radius 3 is 2.71 bits per heavy atom. The highest BCUT2D eigenvalue weighted by Gasteiger charge is 2.33. The summed E-state index contributed by atoms with van der Waals surface area (Å²) >= 11 is 0. The Balaban J connectivity index is 1.50. The second-order valence-electron chi connectivity index (χ2n) is 9.90. The summed E-state index contributed by atoms with van der Waals surface area (Å²) in [6.45, 7) is 7.52. The maximum atomic E-state index is 14.2. The second-order valence-corrected chi connectivity index (χ2v) is 9.90. The van der Waals surface area contributed by atoms with Crippen LogP contribution in [0, 0.1) is 12.7 Å². The molecule has 1 fully saturated rings. The van der Waals surface area contributed by atoms with Crippen LogP contribution in [-0.2, 0) is 5.60 Å². The van der Waals surface area contributed by atoms with E-state index in [0.29, 0.717) is 45.6 Å². The van der Waals surface area contributed by atoms with Crippen molar-refractivity contribution >= 4 is 28.4 Å². The van der Waals surface area contributed by atoms with E-state index >= 15 is 0 Å². The molecule has 0 bridgehead atoms. The number of likely N-dealkylation sites (tertiary alicyclic amines) is 1. The maximum Gasteiger partial charge on any atom is 0.255 e. The standard InChI is InChI=1S/C25H28FN7O2/c1-13-7-18(26)9-19-20(13)29-24(27)33-22(19)30-21(31-33)15-6-5-14(2)32(12-15)23(34)16-8-17(11-28-10-16)25(3,4)35/h7-11,14-15,35H,5-6,12H2,1-4H3,(H2,27,29)/t14-,15+/m0/s1. The number of aryl methyl sites for hydroxylation is 1. The minimum Gasteiger partial charge on any atom is -0.386 e. The van der Waals surface area contributed by atoms with Crippen LogP contribution >= 0.6 is 0 Å². The van der Waals surface area contributed by atoms with E-state index in [1.165, 1.54) is 22.8 Å². The minimum atomic E-state index is -1.10. The molecule has 0 saturated carbocycles. The molecule has 4 heterocycles. The fraction of sp³-hybridized carbons (Fsp3) is 0.400. The van der Waals surface area contributed by atoms with Gasteiger partial charge in [-0.3, -0.25) is 9.78 Å². The fourth-order valence-electron chi connectivity index (χ4n) is 4.71. The Morgan fingerprint density at radius 2 is 1.97 bits per heavy atom. The van der Waals surface area contributed by atoms with Gasteiger partial charge in [-0.05, 0) is 64.3 Å². The predicted octanol–water partition coefficient (Wildman–Crippen LogP) is 3.34. The molecular weight excluding hydrogens is 449 g/mol. The van der Waals surface area contributed by atoms with E-state index in [9.17, 15) is 14.3 Å². The topological polar surface area (TPSA) is 123 Å². The van der Waals surface area contributed by atoms with Crippen molar-refractivity contribution < 1.29 is 14.3 Å². The Hall–Kier alpha value is -3.66. The Morgan fingerprint density at radius 1 is 1.20 bits per heavy atom. The molecule has 2 atom stereocenters. The molecule has 1 saturated heterocycles. The first-order chi connectivity index (χ1) is 16.5. The molecule has 4 aromatic rings. The van der Waals surface area contributed by atoms with Gasteiger partial charge in [-0.15, -0.1) is 5.10 Å².